The first-order chi connectivity index (χ1) is 8.68. The van der Waals surface area contributed by atoms with Crippen molar-refractivity contribution >= 4 is 19.9 Å². The van der Waals surface area contributed by atoms with E-state index in [9.17, 15) is 4.79 Å². The smallest absolute Gasteiger partial charge is 0.375 e. The molecule has 0 spiro atoms. The average molecular weight is 268 g/mol. The van der Waals surface area contributed by atoms with Crippen LogP contribution >= 0.6 is 0 Å². The molecule has 100 valence electrons. The molecular formula is C12H20N2O3Si. The first-order valence-corrected chi connectivity index (χ1v) is 7.83. The molecule has 0 aliphatic rings. The average Bonchev–Trinajstić information content (AvgIpc) is 2.40. The lowest BCUT2D eigenvalue weighted by molar-refractivity contribution is 0.183. The number of benzene rings is 1. The van der Waals surface area contributed by atoms with Gasteiger partial charge in [-0.05, 0) is 13.8 Å². The highest BCUT2D eigenvalue weighted by atomic mass is 28.4. The normalized spacial score (nSPS) is 11.1. The Balaban J connectivity index is 3.07. The molecule has 1 aromatic rings. The Morgan fingerprint density at radius 3 is 2.17 bits per heavy atom. The van der Waals surface area contributed by atoms with E-state index in [0.29, 0.717) is 13.2 Å². The number of urea groups is 1. The fraction of sp³-hybridized carbons (Fsp3) is 0.417. The van der Waals surface area contributed by atoms with Crippen LogP contribution in [0.4, 0.5) is 4.79 Å². The lowest BCUT2D eigenvalue weighted by atomic mass is 10.4. The number of hydrogen-bond donors (Lipinski definition) is 2. The quantitative estimate of drug-likeness (QED) is 0.752. The van der Waals surface area contributed by atoms with Crippen LogP contribution < -0.4 is 15.5 Å². The van der Waals surface area contributed by atoms with Gasteiger partial charge in [-0.3, -0.25) is 0 Å². The summed E-state index contributed by atoms with van der Waals surface area (Å²) in [6.45, 7) is 4.72. The van der Waals surface area contributed by atoms with Crippen molar-refractivity contribution in [3.05, 3.63) is 30.3 Å². The maximum absolute atomic E-state index is 11.6. The topological polar surface area (TPSA) is 59.6 Å². The predicted molar refractivity (Wildman–Crippen MR) is 72.7 cm³/mol. The molecule has 1 rings (SSSR count). The van der Waals surface area contributed by atoms with Gasteiger partial charge in [-0.1, -0.05) is 30.3 Å². The van der Waals surface area contributed by atoms with Gasteiger partial charge in [0.15, 0.2) is 0 Å². The second-order valence-corrected chi connectivity index (χ2v) is 6.19. The van der Waals surface area contributed by atoms with E-state index >= 15 is 0 Å². The van der Waals surface area contributed by atoms with Crippen molar-refractivity contribution in [1.29, 1.82) is 0 Å². The summed E-state index contributed by atoms with van der Waals surface area (Å²) in [6.07, 6.45) is 0. The van der Waals surface area contributed by atoms with Crippen molar-refractivity contribution in [3.63, 3.8) is 0 Å². The van der Waals surface area contributed by atoms with Crippen molar-refractivity contribution in [2.24, 2.45) is 0 Å². The minimum Gasteiger partial charge on any atom is -0.375 e. The molecule has 0 aromatic heterocycles. The maximum atomic E-state index is 11.6. The predicted octanol–water partition coefficient (Wildman–Crippen LogP) is 0.835. The van der Waals surface area contributed by atoms with Crippen LogP contribution in [0.5, 0.6) is 0 Å². The molecule has 0 unspecified atom stereocenters. The molecule has 0 saturated carbocycles. The standard InChI is InChI=1S/C12H20N2O3Si/c1-4-16-18(17-5-2,14-12(15)13-3)11-9-7-6-8-10-11/h6-10H,4-5H2,1-3H3,(H2,13,14,15). The van der Waals surface area contributed by atoms with Gasteiger partial charge in [0.1, 0.15) is 0 Å². The number of hydrogen-bond acceptors (Lipinski definition) is 3. The summed E-state index contributed by atoms with van der Waals surface area (Å²) in [7, 11) is -1.35. The SMILES string of the molecule is CCO[Si](NC(=O)NC)(OCC)c1ccccc1. The van der Waals surface area contributed by atoms with Crippen LogP contribution in [0.25, 0.3) is 0 Å². The summed E-state index contributed by atoms with van der Waals surface area (Å²) in [5.74, 6) is 0. The Morgan fingerprint density at radius 1 is 1.17 bits per heavy atom. The molecule has 1 aromatic carbocycles. The molecule has 0 aliphatic carbocycles. The maximum Gasteiger partial charge on any atom is 0.496 e. The monoisotopic (exact) mass is 268 g/mol. The van der Waals surface area contributed by atoms with E-state index in [1.807, 2.05) is 44.2 Å². The second-order valence-electron chi connectivity index (χ2n) is 3.55. The van der Waals surface area contributed by atoms with Crippen LogP contribution in [0, 0.1) is 0 Å². The van der Waals surface area contributed by atoms with E-state index in [0.717, 1.165) is 5.19 Å². The fourth-order valence-corrected chi connectivity index (χ4v) is 4.20. The molecule has 2 amide bonds. The van der Waals surface area contributed by atoms with E-state index in [2.05, 4.69) is 10.3 Å². The van der Waals surface area contributed by atoms with Crippen LogP contribution in [0.3, 0.4) is 0 Å². The van der Waals surface area contributed by atoms with Gasteiger partial charge in [0.05, 0.1) is 0 Å². The Morgan fingerprint density at radius 2 is 1.72 bits per heavy atom. The van der Waals surface area contributed by atoms with Crippen molar-refractivity contribution in [2.75, 3.05) is 20.3 Å². The van der Waals surface area contributed by atoms with Gasteiger partial charge in [-0.25, -0.2) is 4.79 Å². The highest BCUT2D eigenvalue weighted by molar-refractivity contribution is 6.80. The first kappa shape index (κ1) is 14.7. The molecular weight excluding hydrogens is 248 g/mol. The third kappa shape index (κ3) is 3.56. The zero-order chi connectivity index (χ0) is 13.4. The van der Waals surface area contributed by atoms with E-state index in [4.69, 9.17) is 8.85 Å². The zero-order valence-corrected chi connectivity index (χ0v) is 12.0. The van der Waals surface area contributed by atoms with E-state index in [1.165, 1.54) is 0 Å². The summed E-state index contributed by atoms with van der Waals surface area (Å²) in [4.78, 5) is 14.4. The number of carbonyl (C=O) groups is 1. The summed E-state index contributed by atoms with van der Waals surface area (Å²) >= 11 is 0. The third-order valence-corrected chi connectivity index (χ3v) is 5.39. The number of carbonyl (C=O) groups excluding carboxylic acids is 1. The molecule has 0 aliphatic heterocycles. The van der Waals surface area contributed by atoms with Crippen LogP contribution in [-0.2, 0) is 8.85 Å². The number of amides is 2. The molecule has 18 heavy (non-hydrogen) atoms. The fourth-order valence-electron chi connectivity index (χ4n) is 1.63. The van der Waals surface area contributed by atoms with Gasteiger partial charge < -0.3 is 19.2 Å². The van der Waals surface area contributed by atoms with Crippen molar-refractivity contribution in [2.45, 2.75) is 13.8 Å². The Labute approximate surface area is 109 Å². The van der Waals surface area contributed by atoms with Crippen LogP contribution in [0.15, 0.2) is 30.3 Å². The van der Waals surface area contributed by atoms with Crippen molar-refractivity contribution in [1.82, 2.24) is 10.3 Å². The van der Waals surface area contributed by atoms with E-state index in [1.54, 1.807) is 7.05 Å². The van der Waals surface area contributed by atoms with Gasteiger partial charge in [0, 0.05) is 25.4 Å². The first-order valence-electron chi connectivity index (χ1n) is 6.01. The van der Waals surface area contributed by atoms with Gasteiger partial charge in [-0.15, -0.1) is 0 Å². The molecule has 0 bridgehead atoms. The van der Waals surface area contributed by atoms with Gasteiger partial charge in [0.25, 0.3) is 0 Å². The second kappa shape index (κ2) is 7.15. The lowest BCUT2D eigenvalue weighted by Gasteiger charge is -2.29. The van der Waals surface area contributed by atoms with Crippen LogP contribution in [0.1, 0.15) is 13.8 Å². The summed E-state index contributed by atoms with van der Waals surface area (Å²) in [6, 6.07) is 9.25. The Kier molecular flexibility index (Phi) is 5.83. The van der Waals surface area contributed by atoms with Crippen LogP contribution in [0.2, 0.25) is 0 Å². The third-order valence-electron chi connectivity index (χ3n) is 2.35. The van der Waals surface area contributed by atoms with E-state index in [-0.39, 0.29) is 6.03 Å². The molecule has 0 atom stereocenters. The molecule has 6 heteroatoms. The Hall–Kier alpha value is -1.37. The van der Waals surface area contributed by atoms with E-state index < -0.39 is 8.72 Å². The minimum atomic E-state index is -2.92. The largest absolute Gasteiger partial charge is 0.496 e. The minimum absolute atomic E-state index is 0.299. The number of nitrogens with one attached hydrogen (secondary N) is 2. The zero-order valence-electron chi connectivity index (χ0n) is 11.0. The molecule has 0 fully saturated rings. The Bertz CT molecular complexity index is 367. The van der Waals surface area contributed by atoms with Gasteiger partial charge in [-0.2, -0.15) is 0 Å². The van der Waals surface area contributed by atoms with Crippen molar-refractivity contribution in [3.8, 4) is 0 Å². The lowest BCUT2D eigenvalue weighted by Crippen LogP contribution is -2.68. The van der Waals surface area contributed by atoms with Gasteiger partial charge >= 0.3 is 14.8 Å². The highest BCUT2D eigenvalue weighted by Gasteiger charge is 2.42. The highest BCUT2D eigenvalue weighted by Crippen LogP contribution is 2.05. The molecule has 0 saturated heterocycles. The summed E-state index contributed by atoms with van der Waals surface area (Å²) < 4.78 is 11.5. The molecule has 0 radical (unpaired) electrons. The summed E-state index contributed by atoms with van der Waals surface area (Å²) in [5, 5.41) is 3.42. The molecule has 2 N–H and O–H groups in total. The van der Waals surface area contributed by atoms with Crippen molar-refractivity contribution < 1.29 is 13.6 Å². The molecule has 0 heterocycles. The molecule has 5 nitrogen and oxygen atoms in total. The van der Waals surface area contributed by atoms with Crippen LogP contribution in [-0.4, -0.2) is 35.0 Å². The number of rotatable bonds is 6. The summed E-state index contributed by atoms with van der Waals surface area (Å²) in [5.41, 5.74) is 0. The van der Waals surface area contributed by atoms with Gasteiger partial charge in [0.2, 0.25) is 0 Å².